The summed E-state index contributed by atoms with van der Waals surface area (Å²) in [6.07, 6.45) is 0.279. The molecule has 2 heteroatoms. The van der Waals surface area contributed by atoms with Crippen molar-refractivity contribution in [2.24, 2.45) is 0 Å². The third-order valence-electron chi connectivity index (χ3n) is 2.16. The van der Waals surface area contributed by atoms with Gasteiger partial charge in [-0.1, -0.05) is 12.1 Å². The van der Waals surface area contributed by atoms with Crippen molar-refractivity contribution >= 4 is 0 Å². The fraction of sp³-hybridized carbons (Fsp3) is 0.400. The molecule has 0 radical (unpaired) electrons. The van der Waals surface area contributed by atoms with E-state index in [1.807, 2.05) is 12.1 Å². The molecule has 2 rings (SSSR count). The highest BCUT2D eigenvalue weighted by Crippen LogP contribution is 2.38. The Labute approximate surface area is 72.1 Å². The molecule has 0 amide bonds. The molecule has 1 aliphatic heterocycles. The highest BCUT2D eigenvalue weighted by atomic mass is 16.6. The number of aryl methyl sites for hydroxylation is 1. The standard InChI is InChI=1S/C10H12O2/c1-7-4-3-5-8(11-2)10(7)9-6-12-9/h3-5,9H,6H2,1-2H3/t9-/m0/s1. The van der Waals surface area contributed by atoms with Crippen LogP contribution in [0.4, 0.5) is 0 Å². The van der Waals surface area contributed by atoms with Gasteiger partial charge in [0.05, 0.1) is 13.7 Å². The third-order valence-corrected chi connectivity index (χ3v) is 2.16. The number of hydrogen-bond acceptors (Lipinski definition) is 2. The summed E-state index contributed by atoms with van der Waals surface area (Å²) >= 11 is 0. The van der Waals surface area contributed by atoms with Gasteiger partial charge in [-0.25, -0.2) is 0 Å². The van der Waals surface area contributed by atoms with E-state index in [-0.39, 0.29) is 6.10 Å². The minimum atomic E-state index is 0.279. The van der Waals surface area contributed by atoms with Gasteiger partial charge < -0.3 is 9.47 Å². The van der Waals surface area contributed by atoms with Gasteiger partial charge in [0.15, 0.2) is 0 Å². The third kappa shape index (κ3) is 1.18. The zero-order valence-electron chi connectivity index (χ0n) is 7.33. The topological polar surface area (TPSA) is 21.8 Å². The fourth-order valence-electron chi connectivity index (χ4n) is 1.46. The van der Waals surface area contributed by atoms with Crippen molar-refractivity contribution in [2.75, 3.05) is 13.7 Å². The molecule has 1 aromatic carbocycles. The lowest BCUT2D eigenvalue weighted by atomic mass is 10.1. The van der Waals surface area contributed by atoms with Crippen LogP contribution in [0.3, 0.4) is 0 Å². The first-order valence-corrected chi connectivity index (χ1v) is 4.08. The van der Waals surface area contributed by atoms with Crippen molar-refractivity contribution in [3.05, 3.63) is 29.3 Å². The van der Waals surface area contributed by atoms with E-state index in [4.69, 9.17) is 9.47 Å². The first kappa shape index (κ1) is 7.62. The van der Waals surface area contributed by atoms with Crippen molar-refractivity contribution in [1.82, 2.24) is 0 Å². The summed E-state index contributed by atoms with van der Waals surface area (Å²) in [6, 6.07) is 6.06. The van der Waals surface area contributed by atoms with Crippen LogP contribution in [0.25, 0.3) is 0 Å². The Morgan fingerprint density at radius 1 is 1.50 bits per heavy atom. The molecule has 0 N–H and O–H groups in total. The molecule has 1 aliphatic rings. The van der Waals surface area contributed by atoms with Crippen molar-refractivity contribution in [3.63, 3.8) is 0 Å². The van der Waals surface area contributed by atoms with Gasteiger partial charge in [0.2, 0.25) is 0 Å². The Morgan fingerprint density at radius 3 is 2.83 bits per heavy atom. The Balaban J connectivity index is 2.45. The van der Waals surface area contributed by atoms with Gasteiger partial charge in [0.25, 0.3) is 0 Å². The van der Waals surface area contributed by atoms with Crippen LogP contribution in [-0.2, 0) is 4.74 Å². The lowest BCUT2D eigenvalue weighted by Crippen LogP contribution is -1.93. The number of ether oxygens (including phenoxy) is 2. The van der Waals surface area contributed by atoms with Crippen LogP contribution in [0.5, 0.6) is 5.75 Å². The van der Waals surface area contributed by atoms with Gasteiger partial charge in [0, 0.05) is 5.56 Å². The van der Waals surface area contributed by atoms with Crippen molar-refractivity contribution in [1.29, 1.82) is 0 Å². The van der Waals surface area contributed by atoms with E-state index < -0.39 is 0 Å². The number of hydrogen-bond donors (Lipinski definition) is 0. The predicted molar refractivity (Wildman–Crippen MR) is 46.4 cm³/mol. The largest absolute Gasteiger partial charge is 0.496 e. The normalized spacial score (nSPS) is 20.7. The molecule has 1 heterocycles. The zero-order chi connectivity index (χ0) is 8.55. The van der Waals surface area contributed by atoms with E-state index in [0.29, 0.717) is 0 Å². The second kappa shape index (κ2) is 2.79. The van der Waals surface area contributed by atoms with Crippen molar-refractivity contribution in [2.45, 2.75) is 13.0 Å². The van der Waals surface area contributed by atoms with Gasteiger partial charge in [-0.2, -0.15) is 0 Å². The summed E-state index contributed by atoms with van der Waals surface area (Å²) in [5, 5.41) is 0. The number of epoxide rings is 1. The molecule has 0 unspecified atom stereocenters. The quantitative estimate of drug-likeness (QED) is 0.624. The van der Waals surface area contributed by atoms with Gasteiger partial charge in [-0.3, -0.25) is 0 Å². The van der Waals surface area contributed by atoms with Crippen LogP contribution in [0.2, 0.25) is 0 Å². The number of methoxy groups -OCH3 is 1. The molecule has 64 valence electrons. The molecule has 1 atom stereocenters. The highest BCUT2D eigenvalue weighted by Gasteiger charge is 2.29. The minimum Gasteiger partial charge on any atom is -0.496 e. The second-order valence-electron chi connectivity index (χ2n) is 3.01. The molecule has 2 nitrogen and oxygen atoms in total. The molecular weight excluding hydrogens is 152 g/mol. The second-order valence-corrected chi connectivity index (χ2v) is 3.01. The number of rotatable bonds is 2. The monoisotopic (exact) mass is 164 g/mol. The molecular formula is C10H12O2. The molecule has 0 bridgehead atoms. The lowest BCUT2D eigenvalue weighted by molar-refractivity contribution is 0.382. The summed E-state index contributed by atoms with van der Waals surface area (Å²) in [7, 11) is 1.70. The van der Waals surface area contributed by atoms with Crippen LogP contribution < -0.4 is 4.74 Å². The molecule has 1 fully saturated rings. The summed E-state index contributed by atoms with van der Waals surface area (Å²) < 4.78 is 10.5. The van der Waals surface area contributed by atoms with Crippen LogP contribution in [0.1, 0.15) is 17.2 Å². The Bertz CT molecular complexity index is 290. The van der Waals surface area contributed by atoms with Gasteiger partial charge in [-0.15, -0.1) is 0 Å². The highest BCUT2D eigenvalue weighted by molar-refractivity contribution is 5.42. The van der Waals surface area contributed by atoms with E-state index >= 15 is 0 Å². The lowest BCUT2D eigenvalue weighted by Gasteiger charge is -2.08. The average molecular weight is 164 g/mol. The van der Waals surface area contributed by atoms with E-state index in [2.05, 4.69) is 13.0 Å². The van der Waals surface area contributed by atoms with E-state index in [9.17, 15) is 0 Å². The number of benzene rings is 1. The molecule has 1 saturated heterocycles. The maximum atomic E-state index is 5.25. The molecule has 1 aromatic rings. The molecule has 0 aromatic heterocycles. The minimum absolute atomic E-state index is 0.279. The predicted octanol–water partition coefficient (Wildman–Crippen LogP) is 2.07. The first-order chi connectivity index (χ1) is 5.83. The molecule has 0 aliphatic carbocycles. The van der Waals surface area contributed by atoms with E-state index in [0.717, 1.165) is 12.4 Å². The van der Waals surface area contributed by atoms with Gasteiger partial charge in [-0.05, 0) is 18.6 Å². The van der Waals surface area contributed by atoms with Crippen LogP contribution in [-0.4, -0.2) is 13.7 Å². The Morgan fingerprint density at radius 2 is 2.25 bits per heavy atom. The summed E-state index contributed by atoms with van der Waals surface area (Å²) in [5.74, 6) is 0.942. The van der Waals surface area contributed by atoms with Crippen LogP contribution in [0.15, 0.2) is 18.2 Å². The summed E-state index contributed by atoms with van der Waals surface area (Å²) in [6.45, 7) is 2.92. The van der Waals surface area contributed by atoms with E-state index in [1.165, 1.54) is 11.1 Å². The fourth-order valence-corrected chi connectivity index (χ4v) is 1.46. The average Bonchev–Trinajstić information content (AvgIpc) is 2.87. The molecule has 12 heavy (non-hydrogen) atoms. The van der Waals surface area contributed by atoms with Crippen LogP contribution >= 0.6 is 0 Å². The Kier molecular flexibility index (Phi) is 1.77. The first-order valence-electron chi connectivity index (χ1n) is 4.08. The molecule has 0 saturated carbocycles. The van der Waals surface area contributed by atoms with E-state index in [1.54, 1.807) is 7.11 Å². The summed E-state index contributed by atoms with van der Waals surface area (Å²) in [5.41, 5.74) is 2.46. The van der Waals surface area contributed by atoms with Crippen molar-refractivity contribution in [3.8, 4) is 5.75 Å². The zero-order valence-corrected chi connectivity index (χ0v) is 7.33. The van der Waals surface area contributed by atoms with Gasteiger partial charge in [0.1, 0.15) is 11.9 Å². The maximum absolute atomic E-state index is 5.25. The molecule has 0 spiro atoms. The smallest absolute Gasteiger partial charge is 0.125 e. The maximum Gasteiger partial charge on any atom is 0.125 e. The Hall–Kier alpha value is -1.02. The van der Waals surface area contributed by atoms with Crippen LogP contribution in [0, 0.1) is 6.92 Å². The van der Waals surface area contributed by atoms with Gasteiger partial charge >= 0.3 is 0 Å². The summed E-state index contributed by atoms with van der Waals surface area (Å²) in [4.78, 5) is 0. The SMILES string of the molecule is COc1cccc(C)c1[C@@H]1CO1. The van der Waals surface area contributed by atoms with Crippen molar-refractivity contribution < 1.29 is 9.47 Å².